The standard InChI is InChI=1S/C14H12N2O4S/c17-14(18)5-6-21-13-4-2-10(15-16-13)9-1-3-11-12(7-9)20-8-19-11/h1-4,7H,5-6,8H2,(H,17,18). The van der Waals surface area contributed by atoms with Gasteiger partial charge < -0.3 is 14.6 Å². The number of rotatable bonds is 5. The number of thioether (sulfide) groups is 1. The molecule has 0 saturated heterocycles. The number of aromatic nitrogens is 2. The summed E-state index contributed by atoms with van der Waals surface area (Å²) in [5.41, 5.74) is 1.63. The fourth-order valence-electron chi connectivity index (χ4n) is 1.85. The monoisotopic (exact) mass is 304 g/mol. The maximum atomic E-state index is 10.5. The van der Waals surface area contributed by atoms with Gasteiger partial charge in [-0.1, -0.05) is 0 Å². The van der Waals surface area contributed by atoms with Gasteiger partial charge >= 0.3 is 5.97 Å². The summed E-state index contributed by atoms with van der Waals surface area (Å²) in [6, 6.07) is 9.29. The smallest absolute Gasteiger partial charge is 0.304 e. The quantitative estimate of drug-likeness (QED) is 0.849. The zero-order chi connectivity index (χ0) is 14.7. The van der Waals surface area contributed by atoms with Gasteiger partial charge in [0.15, 0.2) is 11.5 Å². The molecule has 0 atom stereocenters. The normalized spacial score (nSPS) is 12.4. The number of hydrogen-bond donors (Lipinski definition) is 1. The lowest BCUT2D eigenvalue weighted by molar-refractivity contribution is -0.136. The van der Waals surface area contributed by atoms with Crippen molar-refractivity contribution in [3.63, 3.8) is 0 Å². The third-order valence-electron chi connectivity index (χ3n) is 2.87. The molecule has 2 heterocycles. The van der Waals surface area contributed by atoms with E-state index in [2.05, 4.69) is 10.2 Å². The number of carbonyl (C=O) groups is 1. The Labute approximate surface area is 125 Å². The van der Waals surface area contributed by atoms with E-state index in [4.69, 9.17) is 14.6 Å². The first-order chi connectivity index (χ1) is 10.2. The van der Waals surface area contributed by atoms with Crippen LogP contribution in [0, 0.1) is 0 Å². The van der Waals surface area contributed by atoms with Crippen LogP contribution < -0.4 is 9.47 Å². The molecule has 0 fully saturated rings. The minimum absolute atomic E-state index is 0.107. The SMILES string of the molecule is O=C(O)CCSc1ccc(-c2ccc3c(c2)OCO3)nn1. The maximum absolute atomic E-state index is 10.5. The van der Waals surface area contributed by atoms with E-state index in [1.165, 1.54) is 11.8 Å². The molecule has 0 amide bonds. The Kier molecular flexibility index (Phi) is 3.92. The van der Waals surface area contributed by atoms with Crippen LogP contribution in [0.1, 0.15) is 6.42 Å². The average molecular weight is 304 g/mol. The third-order valence-corrected chi connectivity index (χ3v) is 3.80. The number of carboxylic acid groups (broad SMARTS) is 1. The zero-order valence-corrected chi connectivity index (χ0v) is 11.8. The van der Waals surface area contributed by atoms with Crippen LogP contribution in [0.25, 0.3) is 11.3 Å². The van der Waals surface area contributed by atoms with Crippen molar-refractivity contribution in [2.75, 3.05) is 12.5 Å². The van der Waals surface area contributed by atoms with Crippen LogP contribution in [0.4, 0.5) is 0 Å². The number of fused-ring (bicyclic) bond motifs is 1. The molecule has 0 bridgehead atoms. The minimum Gasteiger partial charge on any atom is -0.481 e. The zero-order valence-electron chi connectivity index (χ0n) is 11.0. The van der Waals surface area contributed by atoms with Crippen molar-refractivity contribution in [3.8, 4) is 22.8 Å². The predicted molar refractivity (Wildman–Crippen MR) is 76.6 cm³/mol. The van der Waals surface area contributed by atoms with Gasteiger partial charge in [0.2, 0.25) is 6.79 Å². The Balaban J connectivity index is 1.70. The highest BCUT2D eigenvalue weighted by molar-refractivity contribution is 7.99. The Bertz CT molecular complexity index is 661. The number of ether oxygens (including phenoxy) is 2. The Morgan fingerprint density at radius 3 is 2.81 bits per heavy atom. The van der Waals surface area contributed by atoms with E-state index >= 15 is 0 Å². The van der Waals surface area contributed by atoms with Crippen LogP contribution in [0.5, 0.6) is 11.5 Å². The van der Waals surface area contributed by atoms with E-state index in [9.17, 15) is 4.79 Å². The first-order valence-corrected chi connectivity index (χ1v) is 7.29. The lowest BCUT2D eigenvalue weighted by Gasteiger charge is -2.03. The van der Waals surface area contributed by atoms with Crippen LogP contribution in [0.15, 0.2) is 35.4 Å². The van der Waals surface area contributed by atoms with Crippen molar-refractivity contribution < 1.29 is 19.4 Å². The molecule has 0 radical (unpaired) electrons. The van der Waals surface area contributed by atoms with Gasteiger partial charge in [0.25, 0.3) is 0 Å². The first kappa shape index (κ1) is 13.7. The molecule has 7 heteroatoms. The van der Waals surface area contributed by atoms with Crippen LogP contribution in [0.3, 0.4) is 0 Å². The summed E-state index contributed by atoms with van der Waals surface area (Å²) < 4.78 is 10.6. The fraction of sp³-hybridized carbons (Fsp3) is 0.214. The van der Waals surface area contributed by atoms with Crippen LogP contribution in [0.2, 0.25) is 0 Å². The topological polar surface area (TPSA) is 81.5 Å². The molecule has 1 aliphatic rings. The van der Waals surface area contributed by atoms with E-state index in [0.717, 1.165) is 17.0 Å². The van der Waals surface area contributed by atoms with Crippen LogP contribution in [-0.2, 0) is 4.79 Å². The molecule has 6 nitrogen and oxygen atoms in total. The molecule has 1 aromatic heterocycles. The molecule has 0 saturated carbocycles. The van der Waals surface area contributed by atoms with Crippen LogP contribution in [-0.4, -0.2) is 33.8 Å². The summed E-state index contributed by atoms with van der Waals surface area (Å²) in [7, 11) is 0. The van der Waals surface area contributed by atoms with Gasteiger partial charge in [-0.3, -0.25) is 4.79 Å². The van der Waals surface area contributed by atoms with Gasteiger partial charge in [0.05, 0.1) is 12.1 Å². The lowest BCUT2D eigenvalue weighted by atomic mass is 10.1. The highest BCUT2D eigenvalue weighted by atomic mass is 32.2. The van der Waals surface area contributed by atoms with E-state index in [0.29, 0.717) is 16.5 Å². The second kappa shape index (κ2) is 6.01. The molecule has 3 rings (SSSR count). The molecule has 0 aliphatic carbocycles. The van der Waals surface area contributed by atoms with Gasteiger partial charge in [-0.2, -0.15) is 0 Å². The molecular formula is C14H12N2O4S. The van der Waals surface area contributed by atoms with Crippen molar-refractivity contribution in [2.45, 2.75) is 11.4 Å². The number of nitrogens with zero attached hydrogens (tertiary/aromatic N) is 2. The van der Waals surface area contributed by atoms with Crippen molar-refractivity contribution in [1.29, 1.82) is 0 Å². The van der Waals surface area contributed by atoms with Gasteiger partial charge in [0, 0.05) is 11.3 Å². The summed E-state index contributed by atoms with van der Waals surface area (Å²) >= 11 is 1.37. The second-order valence-electron chi connectivity index (χ2n) is 4.32. The van der Waals surface area contributed by atoms with Crippen LogP contribution >= 0.6 is 11.8 Å². The Hall–Kier alpha value is -2.28. The maximum Gasteiger partial charge on any atom is 0.304 e. The molecule has 1 aliphatic heterocycles. The third kappa shape index (κ3) is 3.25. The average Bonchev–Trinajstić information content (AvgIpc) is 2.95. The van der Waals surface area contributed by atoms with E-state index < -0.39 is 5.97 Å². The van der Waals surface area contributed by atoms with Gasteiger partial charge in [-0.05, 0) is 30.3 Å². The van der Waals surface area contributed by atoms with Gasteiger partial charge in [-0.25, -0.2) is 0 Å². The number of carboxylic acids is 1. The van der Waals surface area contributed by atoms with E-state index in [1.54, 1.807) is 0 Å². The summed E-state index contributed by atoms with van der Waals surface area (Å²) in [4.78, 5) is 10.5. The lowest BCUT2D eigenvalue weighted by Crippen LogP contribution is -1.96. The summed E-state index contributed by atoms with van der Waals surface area (Å²) in [5, 5.41) is 17.5. The minimum atomic E-state index is -0.813. The van der Waals surface area contributed by atoms with Crippen molar-refractivity contribution in [3.05, 3.63) is 30.3 Å². The predicted octanol–water partition coefficient (Wildman–Crippen LogP) is 2.44. The Morgan fingerprint density at radius 1 is 1.19 bits per heavy atom. The van der Waals surface area contributed by atoms with Crippen molar-refractivity contribution in [2.24, 2.45) is 0 Å². The molecule has 21 heavy (non-hydrogen) atoms. The number of hydrogen-bond acceptors (Lipinski definition) is 6. The van der Waals surface area contributed by atoms with Crippen molar-refractivity contribution >= 4 is 17.7 Å². The highest BCUT2D eigenvalue weighted by Gasteiger charge is 2.14. The van der Waals surface area contributed by atoms with Gasteiger partial charge in [0.1, 0.15) is 5.03 Å². The second-order valence-corrected chi connectivity index (χ2v) is 5.43. The molecule has 108 valence electrons. The van der Waals surface area contributed by atoms with E-state index in [1.807, 2.05) is 30.3 Å². The molecule has 0 spiro atoms. The summed E-state index contributed by atoms with van der Waals surface area (Å²) in [6.07, 6.45) is 0.107. The highest BCUT2D eigenvalue weighted by Crippen LogP contribution is 2.35. The summed E-state index contributed by atoms with van der Waals surface area (Å²) in [6.45, 7) is 0.240. The molecular weight excluding hydrogens is 292 g/mol. The van der Waals surface area contributed by atoms with E-state index in [-0.39, 0.29) is 13.2 Å². The molecule has 2 aromatic rings. The molecule has 1 N–H and O–H groups in total. The Morgan fingerprint density at radius 2 is 2.05 bits per heavy atom. The first-order valence-electron chi connectivity index (χ1n) is 6.31. The largest absolute Gasteiger partial charge is 0.481 e. The fourth-order valence-corrected chi connectivity index (χ4v) is 2.60. The number of benzene rings is 1. The summed E-state index contributed by atoms with van der Waals surface area (Å²) in [5.74, 6) is 1.10. The van der Waals surface area contributed by atoms with Crippen molar-refractivity contribution in [1.82, 2.24) is 10.2 Å². The molecule has 1 aromatic carbocycles. The molecule has 0 unspecified atom stereocenters. The number of aliphatic carboxylic acids is 1. The van der Waals surface area contributed by atoms with Gasteiger partial charge in [-0.15, -0.1) is 22.0 Å².